The molecule has 1 fully saturated rings. The molecule has 1 aliphatic rings. The lowest BCUT2D eigenvalue weighted by Gasteiger charge is -2.33. The summed E-state index contributed by atoms with van der Waals surface area (Å²) < 4.78 is 8.20. The Bertz CT molecular complexity index is 1400. The topological polar surface area (TPSA) is 119 Å². The smallest absolute Gasteiger partial charge is 0.278 e. The van der Waals surface area contributed by atoms with Gasteiger partial charge in [-0.25, -0.2) is 4.98 Å². The Morgan fingerprint density at radius 3 is 2.91 bits per heavy atom. The van der Waals surface area contributed by atoms with Crippen LogP contribution in [0.4, 0.5) is 5.82 Å². The van der Waals surface area contributed by atoms with Gasteiger partial charge in [-0.15, -0.1) is 5.92 Å². The van der Waals surface area contributed by atoms with Crippen LogP contribution in [0.5, 0.6) is 5.75 Å². The van der Waals surface area contributed by atoms with Gasteiger partial charge in [-0.2, -0.15) is 5.26 Å². The first-order valence-electron chi connectivity index (χ1n) is 11.1. The van der Waals surface area contributed by atoms with Crippen LogP contribution in [0.2, 0.25) is 0 Å². The van der Waals surface area contributed by atoms with Gasteiger partial charge in [0, 0.05) is 24.7 Å². The molecule has 34 heavy (non-hydrogen) atoms. The fourth-order valence-corrected chi connectivity index (χ4v) is 4.35. The summed E-state index contributed by atoms with van der Waals surface area (Å²) in [5, 5.41) is 9.98. The first kappa shape index (κ1) is 23.1. The van der Waals surface area contributed by atoms with Gasteiger partial charge in [0.2, 0.25) is 0 Å². The Morgan fingerprint density at radius 2 is 2.21 bits per heavy atom. The summed E-state index contributed by atoms with van der Waals surface area (Å²) in [4.78, 5) is 32.9. The predicted molar refractivity (Wildman–Crippen MR) is 129 cm³/mol. The van der Waals surface area contributed by atoms with Crippen molar-refractivity contribution < 1.29 is 9.53 Å². The number of rotatable bonds is 6. The number of methoxy groups -OCH3 is 1. The molecule has 1 unspecified atom stereocenters. The average molecular weight is 459 g/mol. The Balaban J connectivity index is 1.83. The normalized spacial score (nSPS) is 15.5. The lowest BCUT2D eigenvalue weighted by Crippen LogP contribution is -2.44. The van der Waals surface area contributed by atoms with Crippen LogP contribution in [0.3, 0.4) is 0 Å². The predicted octanol–water partition coefficient (Wildman–Crippen LogP) is 1.91. The highest BCUT2D eigenvalue weighted by atomic mass is 16.5. The lowest BCUT2D eigenvalue weighted by molar-refractivity contribution is 0.0970. The van der Waals surface area contributed by atoms with E-state index in [0.29, 0.717) is 34.8 Å². The Kier molecular flexibility index (Phi) is 6.67. The standard InChI is InChI=1S/C25H26N6O3/c1-3-4-11-31-23-22(20(13-26)24(31)29-10-6-8-18(27)14-29)28-16-30(25(23)33)15-21(32)17-7-5-9-19(12-17)34-2/h5,7,9,12,16,18H,6,8,10-11,14-15,27H2,1-2H3. The minimum Gasteiger partial charge on any atom is -0.497 e. The van der Waals surface area contributed by atoms with Gasteiger partial charge in [0.25, 0.3) is 5.56 Å². The maximum absolute atomic E-state index is 13.6. The van der Waals surface area contributed by atoms with Crippen LogP contribution >= 0.6 is 0 Å². The van der Waals surface area contributed by atoms with Gasteiger partial charge in [0.1, 0.15) is 34.2 Å². The number of Topliss-reactive ketones (excluding diaryl/α,β-unsaturated/α-hetero) is 1. The van der Waals surface area contributed by atoms with Crippen LogP contribution < -0.4 is 20.9 Å². The zero-order chi connectivity index (χ0) is 24.2. The summed E-state index contributed by atoms with van der Waals surface area (Å²) in [7, 11) is 1.53. The van der Waals surface area contributed by atoms with Gasteiger partial charge >= 0.3 is 0 Å². The number of benzene rings is 1. The molecule has 2 N–H and O–H groups in total. The Hall–Kier alpha value is -4.08. The molecule has 1 aliphatic heterocycles. The number of anilines is 1. The van der Waals surface area contributed by atoms with E-state index in [1.165, 1.54) is 18.0 Å². The van der Waals surface area contributed by atoms with Crippen molar-refractivity contribution in [3.05, 3.63) is 52.1 Å². The fourth-order valence-electron chi connectivity index (χ4n) is 4.35. The van der Waals surface area contributed by atoms with Crippen molar-refractivity contribution >= 4 is 22.6 Å². The Labute approximate surface area is 197 Å². The number of piperidine rings is 1. The zero-order valence-corrected chi connectivity index (χ0v) is 19.2. The van der Waals surface area contributed by atoms with E-state index in [0.717, 1.165) is 19.4 Å². The molecule has 1 saturated heterocycles. The van der Waals surface area contributed by atoms with Crippen molar-refractivity contribution in [2.24, 2.45) is 5.73 Å². The highest BCUT2D eigenvalue weighted by Gasteiger charge is 2.28. The molecule has 0 amide bonds. The average Bonchev–Trinajstić information content (AvgIpc) is 3.18. The molecule has 3 aromatic rings. The van der Waals surface area contributed by atoms with Crippen LogP contribution in [0.15, 0.2) is 35.4 Å². The van der Waals surface area contributed by atoms with Crippen LogP contribution in [0, 0.1) is 23.2 Å². The molecule has 174 valence electrons. The Morgan fingerprint density at radius 1 is 1.38 bits per heavy atom. The lowest BCUT2D eigenvalue weighted by atomic mass is 10.1. The van der Waals surface area contributed by atoms with E-state index in [1.807, 2.05) is 4.90 Å². The number of carbonyl (C=O) groups excluding carboxylic acids is 1. The number of carbonyl (C=O) groups is 1. The van der Waals surface area contributed by atoms with E-state index in [9.17, 15) is 14.9 Å². The van der Waals surface area contributed by atoms with Crippen molar-refractivity contribution in [1.82, 2.24) is 14.1 Å². The fraction of sp³-hybridized carbons (Fsp3) is 0.360. The van der Waals surface area contributed by atoms with Crippen molar-refractivity contribution in [2.75, 3.05) is 25.1 Å². The number of ketones is 1. The third kappa shape index (κ3) is 4.26. The van der Waals surface area contributed by atoms with Crippen LogP contribution in [-0.2, 0) is 13.1 Å². The summed E-state index contributed by atoms with van der Waals surface area (Å²) in [6.07, 6.45) is 3.12. The molecule has 1 atom stereocenters. The van der Waals surface area contributed by atoms with Crippen molar-refractivity contribution in [3.63, 3.8) is 0 Å². The minimum atomic E-state index is -0.400. The second kappa shape index (κ2) is 9.82. The number of nitrogens with zero attached hydrogens (tertiary/aromatic N) is 5. The monoisotopic (exact) mass is 458 g/mol. The quantitative estimate of drug-likeness (QED) is 0.443. The summed E-state index contributed by atoms with van der Waals surface area (Å²) in [6, 6.07) is 8.98. The molecule has 1 aromatic carbocycles. The van der Waals surface area contributed by atoms with Gasteiger partial charge in [0.15, 0.2) is 5.78 Å². The molecule has 0 spiro atoms. The maximum Gasteiger partial charge on any atom is 0.278 e. The number of fused-ring (bicyclic) bond motifs is 1. The number of nitriles is 1. The zero-order valence-electron chi connectivity index (χ0n) is 19.2. The van der Waals surface area contributed by atoms with E-state index in [2.05, 4.69) is 22.9 Å². The SMILES string of the molecule is CC#CCn1c(N2CCCC(N)C2)c(C#N)c2ncn(CC(=O)c3cccc(OC)c3)c(=O)c21. The minimum absolute atomic E-state index is 0.0193. The van der Waals surface area contributed by atoms with E-state index in [1.54, 1.807) is 35.8 Å². The number of ether oxygens (including phenoxy) is 1. The second-order valence-corrected chi connectivity index (χ2v) is 8.20. The summed E-state index contributed by atoms with van der Waals surface area (Å²) in [5.74, 6) is 6.77. The molecule has 2 aromatic heterocycles. The van der Waals surface area contributed by atoms with Gasteiger partial charge < -0.3 is 19.9 Å². The van der Waals surface area contributed by atoms with Gasteiger partial charge in [-0.3, -0.25) is 14.2 Å². The van der Waals surface area contributed by atoms with Crippen LogP contribution in [0.25, 0.3) is 11.0 Å². The van der Waals surface area contributed by atoms with E-state index in [4.69, 9.17) is 10.5 Å². The number of aromatic nitrogens is 3. The molecule has 4 rings (SSSR count). The van der Waals surface area contributed by atoms with Gasteiger partial charge in [-0.05, 0) is 31.9 Å². The summed E-state index contributed by atoms with van der Waals surface area (Å²) >= 11 is 0. The summed E-state index contributed by atoms with van der Waals surface area (Å²) in [5.41, 5.74) is 7.12. The largest absolute Gasteiger partial charge is 0.497 e. The molecule has 0 saturated carbocycles. The van der Waals surface area contributed by atoms with E-state index >= 15 is 0 Å². The molecule has 0 radical (unpaired) electrons. The van der Waals surface area contributed by atoms with Crippen molar-refractivity contribution in [2.45, 2.75) is 38.9 Å². The first-order valence-corrected chi connectivity index (χ1v) is 11.1. The van der Waals surface area contributed by atoms with Crippen LogP contribution in [0.1, 0.15) is 35.7 Å². The molecular weight excluding hydrogens is 432 g/mol. The van der Waals surface area contributed by atoms with Gasteiger partial charge in [0.05, 0.1) is 26.5 Å². The van der Waals surface area contributed by atoms with Crippen molar-refractivity contribution in [1.29, 1.82) is 5.26 Å². The van der Waals surface area contributed by atoms with Crippen LogP contribution in [-0.4, -0.2) is 46.1 Å². The molecular formula is C25H26N6O3. The second-order valence-electron chi connectivity index (χ2n) is 8.20. The first-order chi connectivity index (χ1) is 16.5. The highest BCUT2D eigenvalue weighted by molar-refractivity contribution is 5.96. The third-order valence-electron chi connectivity index (χ3n) is 5.99. The summed E-state index contributed by atoms with van der Waals surface area (Å²) in [6.45, 7) is 3.05. The van der Waals surface area contributed by atoms with Crippen molar-refractivity contribution in [3.8, 4) is 23.7 Å². The van der Waals surface area contributed by atoms with E-state index < -0.39 is 5.56 Å². The molecule has 0 aliphatic carbocycles. The number of hydrogen-bond donors (Lipinski definition) is 1. The molecule has 9 nitrogen and oxygen atoms in total. The number of hydrogen-bond acceptors (Lipinski definition) is 7. The third-order valence-corrected chi connectivity index (χ3v) is 5.99. The number of nitrogens with two attached hydrogens (primary N) is 1. The highest BCUT2D eigenvalue weighted by Crippen LogP contribution is 2.31. The van der Waals surface area contributed by atoms with E-state index in [-0.39, 0.29) is 30.4 Å². The molecule has 0 bridgehead atoms. The maximum atomic E-state index is 13.6. The molecule has 9 heteroatoms. The van der Waals surface area contributed by atoms with Gasteiger partial charge in [-0.1, -0.05) is 18.1 Å². The molecule has 3 heterocycles.